The van der Waals surface area contributed by atoms with Crippen LogP contribution in [0.15, 0.2) is 24.5 Å². The maximum Gasteiger partial charge on any atom is 0.411 e. The molecule has 1 heterocycles. The average molecular weight is 221 g/mol. The van der Waals surface area contributed by atoms with Crippen LogP contribution in [0.3, 0.4) is 0 Å². The highest BCUT2D eigenvalue weighted by atomic mass is 19.4. The SMILES string of the molecule is OC(COCC(F)(F)F)c1cccnc1. The molecule has 0 aliphatic heterocycles. The van der Waals surface area contributed by atoms with E-state index in [9.17, 15) is 18.3 Å². The van der Waals surface area contributed by atoms with E-state index in [4.69, 9.17) is 0 Å². The molecule has 1 rings (SSSR count). The van der Waals surface area contributed by atoms with Crippen molar-refractivity contribution < 1.29 is 23.0 Å². The normalized spacial score (nSPS) is 13.9. The van der Waals surface area contributed by atoms with E-state index in [1.54, 1.807) is 12.1 Å². The van der Waals surface area contributed by atoms with Crippen molar-refractivity contribution in [3.8, 4) is 0 Å². The summed E-state index contributed by atoms with van der Waals surface area (Å²) in [4.78, 5) is 3.72. The fourth-order valence-electron chi connectivity index (χ4n) is 0.956. The summed E-state index contributed by atoms with van der Waals surface area (Å²) in [6, 6.07) is 3.15. The van der Waals surface area contributed by atoms with Crippen LogP contribution in [0.2, 0.25) is 0 Å². The lowest BCUT2D eigenvalue weighted by Gasteiger charge is -2.12. The molecule has 1 N–H and O–H groups in total. The summed E-state index contributed by atoms with van der Waals surface area (Å²) in [6.07, 6.45) is -2.57. The lowest BCUT2D eigenvalue weighted by atomic mass is 10.2. The van der Waals surface area contributed by atoms with Crippen molar-refractivity contribution >= 4 is 0 Å². The molecule has 1 aromatic rings. The van der Waals surface area contributed by atoms with Crippen molar-refractivity contribution in [1.29, 1.82) is 0 Å². The number of aliphatic hydroxyl groups is 1. The van der Waals surface area contributed by atoms with Crippen molar-refractivity contribution in [2.75, 3.05) is 13.2 Å². The minimum atomic E-state index is -4.37. The number of hydrogen-bond acceptors (Lipinski definition) is 3. The second-order valence-electron chi connectivity index (χ2n) is 2.93. The van der Waals surface area contributed by atoms with Crippen LogP contribution in [0.1, 0.15) is 11.7 Å². The molecule has 0 bridgehead atoms. The van der Waals surface area contributed by atoms with Crippen molar-refractivity contribution in [2.45, 2.75) is 12.3 Å². The quantitative estimate of drug-likeness (QED) is 0.841. The van der Waals surface area contributed by atoms with Crippen LogP contribution in [0.4, 0.5) is 13.2 Å². The van der Waals surface area contributed by atoms with Gasteiger partial charge < -0.3 is 9.84 Å². The molecule has 0 saturated heterocycles. The highest BCUT2D eigenvalue weighted by Crippen LogP contribution is 2.16. The molecule has 0 radical (unpaired) electrons. The molecule has 1 aromatic heterocycles. The maximum atomic E-state index is 11.7. The third-order valence-corrected chi connectivity index (χ3v) is 1.61. The molecule has 0 aliphatic carbocycles. The monoisotopic (exact) mass is 221 g/mol. The fourth-order valence-corrected chi connectivity index (χ4v) is 0.956. The van der Waals surface area contributed by atoms with Crippen LogP contribution in [-0.2, 0) is 4.74 Å². The van der Waals surface area contributed by atoms with Gasteiger partial charge in [0.25, 0.3) is 0 Å². The molecule has 1 unspecified atom stereocenters. The largest absolute Gasteiger partial charge is 0.411 e. The van der Waals surface area contributed by atoms with Gasteiger partial charge in [0.1, 0.15) is 12.7 Å². The van der Waals surface area contributed by atoms with Gasteiger partial charge in [-0.05, 0) is 6.07 Å². The van der Waals surface area contributed by atoms with Crippen LogP contribution < -0.4 is 0 Å². The smallest absolute Gasteiger partial charge is 0.386 e. The lowest BCUT2D eigenvalue weighted by molar-refractivity contribution is -0.179. The van der Waals surface area contributed by atoms with E-state index in [2.05, 4.69) is 9.72 Å². The molecule has 0 saturated carbocycles. The van der Waals surface area contributed by atoms with Crippen molar-refractivity contribution in [3.63, 3.8) is 0 Å². The first-order valence-electron chi connectivity index (χ1n) is 4.21. The number of alkyl halides is 3. The Morgan fingerprint density at radius 1 is 1.47 bits per heavy atom. The zero-order valence-corrected chi connectivity index (χ0v) is 7.74. The third-order valence-electron chi connectivity index (χ3n) is 1.61. The molecule has 6 heteroatoms. The fraction of sp³-hybridized carbons (Fsp3) is 0.444. The van der Waals surface area contributed by atoms with E-state index >= 15 is 0 Å². The highest BCUT2D eigenvalue weighted by molar-refractivity contribution is 5.11. The van der Waals surface area contributed by atoms with Crippen molar-refractivity contribution in [3.05, 3.63) is 30.1 Å². The Hall–Kier alpha value is -1.14. The molecule has 0 aromatic carbocycles. The molecular weight excluding hydrogens is 211 g/mol. The van der Waals surface area contributed by atoms with E-state index < -0.39 is 25.5 Å². The Morgan fingerprint density at radius 2 is 2.20 bits per heavy atom. The number of hydrogen-bond donors (Lipinski definition) is 1. The first-order valence-corrected chi connectivity index (χ1v) is 4.21. The van der Waals surface area contributed by atoms with Gasteiger partial charge in [0, 0.05) is 18.0 Å². The molecule has 84 valence electrons. The Kier molecular flexibility index (Phi) is 4.05. The molecule has 3 nitrogen and oxygen atoms in total. The summed E-state index contributed by atoms with van der Waals surface area (Å²) < 4.78 is 39.4. The number of halogens is 3. The third kappa shape index (κ3) is 4.75. The van der Waals surface area contributed by atoms with Crippen LogP contribution >= 0.6 is 0 Å². The summed E-state index contributed by atoms with van der Waals surface area (Å²) in [5.74, 6) is 0. The molecule has 0 amide bonds. The highest BCUT2D eigenvalue weighted by Gasteiger charge is 2.27. The molecule has 0 aliphatic rings. The van der Waals surface area contributed by atoms with Crippen LogP contribution in [0, 0.1) is 0 Å². The average Bonchev–Trinajstić information content (AvgIpc) is 2.17. The van der Waals surface area contributed by atoms with Gasteiger partial charge >= 0.3 is 6.18 Å². The Morgan fingerprint density at radius 3 is 2.73 bits per heavy atom. The predicted molar refractivity (Wildman–Crippen MR) is 46.1 cm³/mol. The summed E-state index contributed by atoms with van der Waals surface area (Å²) in [5.41, 5.74) is 0.430. The number of pyridine rings is 1. The topological polar surface area (TPSA) is 42.4 Å². The number of nitrogens with zero attached hydrogens (tertiary/aromatic N) is 1. The van der Waals surface area contributed by atoms with Crippen LogP contribution in [-0.4, -0.2) is 29.5 Å². The summed E-state index contributed by atoms with van der Waals surface area (Å²) in [6.45, 7) is -1.75. The van der Waals surface area contributed by atoms with Gasteiger partial charge in [0.15, 0.2) is 0 Å². The first-order chi connectivity index (χ1) is 6.99. The van der Waals surface area contributed by atoms with Gasteiger partial charge in [0.05, 0.1) is 6.61 Å². The lowest BCUT2D eigenvalue weighted by Crippen LogP contribution is -2.19. The van der Waals surface area contributed by atoms with Crippen LogP contribution in [0.25, 0.3) is 0 Å². The van der Waals surface area contributed by atoms with E-state index in [1.165, 1.54) is 12.4 Å². The molecule has 0 spiro atoms. The number of rotatable bonds is 4. The first kappa shape index (κ1) is 11.9. The molecule has 1 atom stereocenters. The maximum absolute atomic E-state index is 11.7. The van der Waals surface area contributed by atoms with Gasteiger partial charge in [-0.2, -0.15) is 13.2 Å². The second-order valence-corrected chi connectivity index (χ2v) is 2.93. The minimum Gasteiger partial charge on any atom is -0.386 e. The van der Waals surface area contributed by atoms with E-state index in [-0.39, 0.29) is 0 Å². The zero-order chi connectivity index (χ0) is 11.3. The second kappa shape index (κ2) is 5.09. The minimum absolute atomic E-state index is 0.398. The van der Waals surface area contributed by atoms with Gasteiger partial charge in [-0.3, -0.25) is 4.98 Å². The number of aliphatic hydroxyl groups excluding tert-OH is 1. The number of aromatic nitrogens is 1. The Balaban J connectivity index is 2.34. The summed E-state index contributed by atoms with van der Waals surface area (Å²) in [7, 11) is 0. The Bertz CT molecular complexity index is 289. The number of ether oxygens (including phenoxy) is 1. The zero-order valence-electron chi connectivity index (χ0n) is 7.74. The van der Waals surface area contributed by atoms with Crippen LogP contribution in [0.5, 0.6) is 0 Å². The van der Waals surface area contributed by atoms with Gasteiger partial charge in [-0.1, -0.05) is 6.07 Å². The molecule has 0 fully saturated rings. The van der Waals surface area contributed by atoms with E-state index in [1.807, 2.05) is 0 Å². The summed E-state index contributed by atoms with van der Waals surface area (Å²) >= 11 is 0. The predicted octanol–water partition coefficient (Wildman–Crippen LogP) is 1.69. The van der Waals surface area contributed by atoms with Gasteiger partial charge in [-0.25, -0.2) is 0 Å². The van der Waals surface area contributed by atoms with Gasteiger partial charge in [-0.15, -0.1) is 0 Å². The van der Waals surface area contributed by atoms with E-state index in [0.29, 0.717) is 5.56 Å². The van der Waals surface area contributed by atoms with Gasteiger partial charge in [0.2, 0.25) is 0 Å². The summed E-state index contributed by atoms with van der Waals surface area (Å²) in [5, 5.41) is 9.39. The molecule has 15 heavy (non-hydrogen) atoms. The molecular formula is C9H10F3NO2. The Labute approximate surface area is 84.5 Å². The standard InChI is InChI=1S/C9H10F3NO2/c10-9(11,12)6-15-5-8(14)7-2-1-3-13-4-7/h1-4,8,14H,5-6H2. The van der Waals surface area contributed by atoms with E-state index in [0.717, 1.165) is 0 Å². The van der Waals surface area contributed by atoms with Crippen molar-refractivity contribution in [1.82, 2.24) is 4.98 Å². The van der Waals surface area contributed by atoms with Crippen molar-refractivity contribution in [2.24, 2.45) is 0 Å².